The smallest absolute Gasteiger partial charge is 0.354 e. The van der Waals surface area contributed by atoms with Gasteiger partial charge in [0.2, 0.25) is 0 Å². The highest BCUT2D eigenvalue weighted by Gasteiger charge is 2.17. The summed E-state index contributed by atoms with van der Waals surface area (Å²) in [6, 6.07) is 5.14. The number of carbonyl (C=O) groups is 1. The molecule has 0 aliphatic carbocycles. The van der Waals surface area contributed by atoms with E-state index in [1.165, 1.54) is 6.07 Å². The largest absolute Gasteiger partial charge is 0.477 e. The van der Waals surface area contributed by atoms with E-state index in [0.717, 1.165) is 38.5 Å². The number of aromatic nitrogens is 1. The van der Waals surface area contributed by atoms with Crippen LogP contribution in [0.4, 0.5) is 5.82 Å². The quantitative estimate of drug-likeness (QED) is 0.844. The fraction of sp³-hybridized carbons (Fsp3) is 0.500. The second kappa shape index (κ2) is 5.14. The molecule has 1 aromatic heterocycles. The average molecular weight is 235 g/mol. The fourth-order valence-electron chi connectivity index (χ4n) is 2.01. The first-order chi connectivity index (χ1) is 8.20. The van der Waals surface area contributed by atoms with Crippen LogP contribution in [0.1, 0.15) is 17.4 Å². The van der Waals surface area contributed by atoms with Gasteiger partial charge in [-0.2, -0.15) is 0 Å². The van der Waals surface area contributed by atoms with E-state index < -0.39 is 5.97 Å². The van der Waals surface area contributed by atoms with Crippen LogP contribution in [0.25, 0.3) is 0 Å². The van der Waals surface area contributed by atoms with Gasteiger partial charge in [0.1, 0.15) is 5.82 Å². The molecule has 1 aromatic rings. The molecular weight excluding hydrogens is 218 g/mol. The van der Waals surface area contributed by atoms with Gasteiger partial charge in [0.25, 0.3) is 0 Å². The summed E-state index contributed by atoms with van der Waals surface area (Å²) >= 11 is 0. The van der Waals surface area contributed by atoms with E-state index in [4.69, 9.17) is 5.11 Å². The molecule has 5 heteroatoms. The topological polar surface area (TPSA) is 56.7 Å². The van der Waals surface area contributed by atoms with E-state index in [-0.39, 0.29) is 5.69 Å². The molecule has 1 aliphatic heterocycles. The van der Waals surface area contributed by atoms with Crippen LogP contribution in [0.5, 0.6) is 0 Å². The van der Waals surface area contributed by atoms with Gasteiger partial charge in [-0.25, -0.2) is 9.78 Å². The maximum atomic E-state index is 10.8. The highest BCUT2D eigenvalue weighted by atomic mass is 16.4. The van der Waals surface area contributed by atoms with Gasteiger partial charge in [-0.15, -0.1) is 0 Å². The van der Waals surface area contributed by atoms with Crippen molar-refractivity contribution in [1.82, 2.24) is 9.88 Å². The number of pyridine rings is 1. The fourth-order valence-corrected chi connectivity index (χ4v) is 2.01. The van der Waals surface area contributed by atoms with Gasteiger partial charge >= 0.3 is 5.97 Å². The Labute approximate surface area is 101 Å². The number of hydrogen-bond acceptors (Lipinski definition) is 4. The molecular formula is C12H17N3O2. The summed E-state index contributed by atoms with van der Waals surface area (Å²) in [5.41, 5.74) is 0.112. The van der Waals surface area contributed by atoms with E-state index in [9.17, 15) is 4.79 Å². The molecule has 1 aliphatic rings. The third kappa shape index (κ3) is 2.74. The molecule has 0 aromatic carbocycles. The molecule has 0 saturated carbocycles. The average Bonchev–Trinajstić information content (AvgIpc) is 2.39. The third-order valence-corrected chi connectivity index (χ3v) is 3.10. The van der Waals surface area contributed by atoms with E-state index in [0.29, 0.717) is 0 Å². The van der Waals surface area contributed by atoms with Crippen LogP contribution >= 0.6 is 0 Å². The standard InChI is InChI=1S/C12H17N3O2/c1-2-14-6-8-15(9-7-14)11-5-3-4-10(13-11)12(16)17/h3-5H,2,6-9H2,1H3,(H,16,17). The molecule has 0 spiro atoms. The SMILES string of the molecule is CCN1CCN(c2cccc(C(=O)O)n2)CC1. The minimum Gasteiger partial charge on any atom is -0.477 e. The van der Waals surface area contributed by atoms with Crippen LogP contribution in [-0.2, 0) is 0 Å². The zero-order valence-electron chi connectivity index (χ0n) is 9.96. The van der Waals surface area contributed by atoms with Gasteiger partial charge in [-0.3, -0.25) is 0 Å². The molecule has 0 amide bonds. The van der Waals surface area contributed by atoms with Gasteiger partial charge < -0.3 is 14.9 Å². The number of nitrogens with zero attached hydrogens (tertiary/aromatic N) is 3. The van der Waals surface area contributed by atoms with Crippen molar-refractivity contribution >= 4 is 11.8 Å². The lowest BCUT2D eigenvalue weighted by molar-refractivity contribution is 0.0690. The first-order valence-corrected chi connectivity index (χ1v) is 5.88. The molecule has 0 bridgehead atoms. The van der Waals surface area contributed by atoms with Crippen LogP contribution in [0.15, 0.2) is 18.2 Å². The minimum atomic E-state index is -0.973. The third-order valence-electron chi connectivity index (χ3n) is 3.10. The summed E-state index contributed by atoms with van der Waals surface area (Å²) in [6.45, 7) is 7.05. The highest BCUT2D eigenvalue weighted by molar-refractivity contribution is 5.85. The van der Waals surface area contributed by atoms with Crippen molar-refractivity contribution in [1.29, 1.82) is 0 Å². The van der Waals surface area contributed by atoms with Crippen molar-refractivity contribution in [2.24, 2.45) is 0 Å². The number of likely N-dealkylation sites (N-methyl/N-ethyl adjacent to an activating group) is 1. The lowest BCUT2D eigenvalue weighted by Crippen LogP contribution is -2.46. The van der Waals surface area contributed by atoms with E-state index in [1.807, 2.05) is 6.07 Å². The molecule has 1 saturated heterocycles. The summed E-state index contributed by atoms with van der Waals surface area (Å²) in [5, 5.41) is 8.90. The van der Waals surface area contributed by atoms with Gasteiger partial charge in [-0.1, -0.05) is 13.0 Å². The predicted molar refractivity (Wildman–Crippen MR) is 65.5 cm³/mol. The molecule has 1 N–H and O–H groups in total. The van der Waals surface area contributed by atoms with Crippen LogP contribution in [0.3, 0.4) is 0 Å². The summed E-state index contributed by atoms with van der Waals surface area (Å²) in [7, 11) is 0. The van der Waals surface area contributed by atoms with Crippen LogP contribution in [0, 0.1) is 0 Å². The summed E-state index contributed by atoms with van der Waals surface area (Å²) in [4.78, 5) is 19.5. The van der Waals surface area contributed by atoms with Crippen molar-refractivity contribution < 1.29 is 9.90 Å². The number of piperazine rings is 1. The molecule has 92 valence electrons. The van der Waals surface area contributed by atoms with Crippen LogP contribution in [0.2, 0.25) is 0 Å². The van der Waals surface area contributed by atoms with Crippen molar-refractivity contribution in [2.75, 3.05) is 37.6 Å². The first-order valence-electron chi connectivity index (χ1n) is 5.88. The minimum absolute atomic E-state index is 0.112. The molecule has 0 radical (unpaired) electrons. The van der Waals surface area contributed by atoms with Crippen LogP contribution in [-0.4, -0.2) is 53.7 Å². The number of hydrogen-bond donors (Lipinski definition) is 1. The number of rotatable bonds is 3. The normalized spacial score (nSPS) is 17.1. The van der Waals surface area contributed by atoms with Gasteiger partial charge in [0, 0.05) is 26.2 Å². The van der Waals surface area contributed by atoms with Crippen molar-refractivity contribution in [3.05, 3.63) is 23.9 Å². The number of aromatic carboxylic acids is 1. The molecule has 1 fully saturated rings. The Morgan fingerprint density at radius 2 is 2.06 bits per heavy atom. The molecule has 2 heterocycles. The number of carboxylic acids is 1. The lowest BCUT2D eigenvalue weighted by Gasteiger charge is -2.34. The van der Waals surface area contributed by atoms with Crippen molar-refractivity contribution in [3.8, 4) is 0 Å². The lowest BCUT2D eigenvalue weighted by atomic mass is 10.3. The molecule has 5 nitrogen and oxygen atoms in total. The first kappa shape index (κ1) is 11.9. The molecule has 17 heavy (non-hydrogen) atoms. The van der Waals surface area contributed by atoms with Gasteiger partial charge in [-0.05, 0) is 18.7 Å². The Kier molecular flexibility index (Phi) is 3.58. The maximum Gasteiger partial charge on any atom is 0.354 e. The summed E-state index contributed by atoms with van der Waals surface area (Å²) in [6.07, 6.45) is 0. The van der Waals surface area contributed by atoms with Gasteiger partial charge in [0.05, 0.1) is 0 Å². The maximum absolute atomic E-state index is 10.8. The Morgan fingerprint density at radius 1 is 1.35 bits per heavy atom. The molecule has 0 unspecified atom stereocenters. The van der Waals surface area contributed by atoms with E-state index in [2.05, 4.69) is 21.7 Å². The Morgan fingerprint density at radius 3 is 2.65 bits per heavy atom. The summed E-state index contributed by atoms with van der Waals surface area (Å²) in [5.74, 6) is -0.209. The van der Waals surface area contributed by atoms with Crippen molar-refractivity contribution in [3.63, 3.8) is 0 Å². The predicted octanol–water partition coefficient (Wildman–Crippen LogP) is 0.922. The second-order valence-electron chi connectivity index (χ2n) is 4.11. The van der Waals surface area contributed by atoms with E-state index in [1.54, 1.807) is 6.07 Å². The summed E-state index contributed by atoms with van der Waals surface area (Å²) < 4.78 is 0. The zero-order valence-corrected chi connectivity index (χ0v) is 9.96. The Hall–Kier alpha value is -1.62. The number of carboxylic acid groups (broad SMARTS) is 1. The van der Waals surface area contributed by atoms with Gasteiger partial charge in [0.15, 0.2) is 5.69 Å². The monoisotopic (exact) mass is 235 g/mol. The Balaban J connectivity index is 2.08. The highest BCUT2D eigenvalue weighted by Crippen LogP contribution is 2.14. The number of anilines is 1. The molecule has 2 rings (SSSR count). The van der Waals surface area contributed by atoms with Crippen LogP contribution < -0.4 is 4.90 Å². The van der Waals surface area contributed by atoms with E-state index >= 15 is 0 Å². The zero-order chi connectivity index (χ0) is 12.3. The Bertz CT molecular complexity index is 400. The second-order valence-corrected chi connectivity index (χ2v) is 4.11. The molecule has 0 atom stereocenters. The van der Waals surface area contributed by atoms with Crippen molar-refractivity contribution in [2.45, 2.75) is 6.92 Å².